The summed E-state index contributed by atoms with van der Waals surface area (Å²) in [6.45, 7) is 0.814. The summed E-state index contributed by atoms with van der Waals surface area (Å²) in [4.78, 5) is 15.9. The zero-order valence-electron chi connectivity index (χ0n) is 15.0. The number of carbonyl (C=O) groups is 1. The molecule has 140 valence electrons. The Bertz CT molecular complexity index is 875. The fourth-order valence-corrected chi connectivity index (χ4v) is 3.06. The molecule has 2 aromatic rings. The van der Waals surface area contributed by atoms with E-state index in [1.54, 1.807) is 11.6 Å². The smallest absolute Gasteiger partial charge is 0.267 e. The van der Waals surface area contributed by atoms with Crippen molar-refractivity contribution >= 4 is 29.1 Å². The third-order valence-corrected chi connectivity index (χ3v) is 4.41. The molecule has 1 aliphatic rings. The molecule has 6 heteroatoms. The van der Waals surface area contributed by atoms with Gasteiger partial charge < -0.3 is 10.4 Å². The maximum atomic E-state index is 11.2. The maximum absolute atomic E-state index is 11.2. The summed E-state index contributed by atoms with van der Waals surface area (Å²) in [5.74, 6) is -0.572. The summed E-state index contributed by atoms with van der Waals surface area (Å²) in [7, 11) is 0. The first-order chi connectivity index (χ1) is 13.2. The minimum absolute atomic E-state index is 0.205. The van der Waals surface area contributed by atoms with Crippen LogP contribution in [0.1, 0.15) is 23.1 Å². The third-order valence-electron chi connectivity index (χ3n) is 4.41. The van der Waals surface area contributed by atoms with E-state index in [1.165, 1.54) is 17.2 Å². The second kappa shape index (κ2) is 9.12. The summed E-state index contributed by atoms with van der Waals surface area (Å²) < 4.78 is 0. The molecule has 0 aromatic heterocycles. The van der Waals surface area contributed by atoms with Crippen molar-refractivity contribution in [2.45, 2.75) is 19.3 Å². The molecule has 0 saturated heterocycles. The number of hydroxylamine groups is 1. The van der Waals surface area contributed by atoms with Gasteiger partial charge in [0.2, 0.25) is 0 Å². The number of aliphatic imine (C=N–C) groups is 1. The Kier molecular flexibility index (Phi) is 6.35. The lowest BCUT2D eigenvalue weighted by Gasteiger charge is -2.09. The molecule has 0 saturated carbocycles. The maximum Gasteiger partial charge on any atom is 0.267 e. The van der Waals surface area contributed by atoms with Gasteiger partial charge in [-0.25, -0.2) is 5.48 Å². The Morgan fingerprint density at radius 2 is 2.07 bits per heavy atom. The van der Waals surface area contributed by atoms with Crippen LogP contribution in [0.5, 0.6) is 0 Å². The SMILES string of the molecule is O=C(/C=C/c1ccccc1NCC1=Nc2ccc(CCCO)cc2C1)NO. The molecule has 27 heavy (non-hydrogen) atoms. The Morgan fingerprint density at radius 1 is 1.22 bits per heavy atom. The molecule has 0 spiro atoms. The molecule has 1 heterocycles. The number of hydrogen-bond donors (Lipinski definition) is 4. The van der Waals surface area contributed by atoms with Crippen molar-refractivity contribution in [3.8, 4) is 0 Å². The Labute approximate surface area is 158 Å². The van der Waals surface area contributed by atoms with E-state index in [1.807, 2.05) is 30.3 Å². The van der Waals surface area contributed by atoms with Gasteiger partial charge in [-0.3, -0.25) is 15.0 Å². The van der Waals surface area contributed by atoms with Crippen LogP contribution in [0.2, 0.25) is 0 Å². The largest absolute Gasteiger partial charge is 0.396 e. The lowest BCUT2D eigenvalue weighted by molar-refractivity contribution is -0.124. The molecule has 3 rings (SSSR count). The number of nitrogens with one attached hydrogen (secondary N) is 2. The number of fused-ring (bicyclic) bond motifs is 1. The number of carbonyl (C=O) groups excluding carboxylic acids is 1. The van der Waals surface area contributed by atoms with Crippen LogP contribution < -0.4 is 10.8 Å². The molecular weight excluding hydrogens is 342 g/mol. The topological polar surface area (TPSA) is 94.0 Å². The molecule has 1 aliphatic heterocycles. The fourth-order valence-electron chi connectivity index (χ4n) is 3.06. The summed E-state index contributed by atoms with van der Waals surface area (Å²) in [5.41, 5.74) is 7.82. The zero-order valence-corrected chi connectivity index (χ0v) is 15.0. The van der Waals surface area contributed by atoms with Crippen molar-refractivity contribution in [3.63, 3.8) is 0 Å². The normalized spacial score (nSPS) is 12.7. The highest BCUT2D eigenvalue weighted by molar-refractivity contribution is 5.97. The van der Waals surface area contributed by atoms with Gasteiger partial charge in [0, 0.05) is 30.5 Å². The summed E-state index contributed by atoms with van der Waals surface area (Å²) in [5, 5.41) is 20.9. The Hall–Kier alpha value is -2.96. The molecule has 0 aliphatic carbocycles. The van der Waals surface area contributed by atoms with Gasteiger partial charge in [0.15, 0.2) is 0 Å². The van der Waals surface area contributed by atoms with Crippen molar-refractivity contribution in [2.75, 3.05) is 18.5 Å². The molecule has 0 atom stereocenters. The molecule has 6 nitrogen and oxygen atoms in total. The third kappa shape index (κ3) is 5.03. The highest BCUT2D eigenvalue weighted by Gasteiger charge is 2.15. The molecule has 0 radical (unpaired) electrons. The number of aliphatic hydroxyl groups excluding tert-OH is 1. The average molecular weight is 365 g/mol. The van der Waals surface area contributed by atoms with Gasteiger partial charge in [0.1, 0.15) is 0 Å². The number of anilines is 1. The number of para-hydroxylation sites is 1. The standard InChI is InChI=1S/C21H23N3O3/c25-11-3-4-15-7-9-20-17(12-15)13-18(23-20)14-22-19-6-2-1-5-16(19)8-10-21(26)24-27/h1-2,5-10,12,22,25,27H,3-4,11,13-14H2,(H,24,26)/b10-8+. The van der Waals surface area contributed by atoms with Crippen LogP contribution in [-0.4, -0.2) is 35.1 Å². The van der Waals surface area contributed by atoms with Crippen LogP contribution in [0.15, 0.2) is 53.5 Å². The summed E-state index contributed by atoms with van der Waals surface area (Å²) in [6.07, 6.45) is 5.37. The molecule has 2 aromatic carbocycles. The van der Waals surface area contributed by atoms with Crippen LogP contribution in [0, 0.1) is 0 Å². The predicted molar refractivity (Wildman–Crippen MR) is 107 cm³/mol. The van der Waals surface area contributed by atoms with Crippen LogP contribution in [0.25, 0.3) is 6.08 Å². The number of amides is 1. The number of hydrogen-bond acceptors (Lipinski definition) is 5. The van der Waals surface area contributed by atoms with E-state index in [0.29, 0.717) is 6.54 Å². The molecule has 4 N–H and O–H groups in total. The van der Waals surface area contributed by atoms with Gasteiger partial charge >= 0.3 is 0 Å². The number of rotatable bonds is 8. The van der Waals surface area contributed by atoms with E-state index in [-0.39, 0.29) is 6.61 Å². The second-order valence-electron chi connectivity index (χ2n) is 6.40. The summed E-state index contributed by atoms with van der Waals surface area (Å²) >= 11 is 0. The Balaban J connectivity index is 1.63. The number of aryl methyl sites for hydroxylation is 1. The van der Waals surface area contributed by atoms with E-state index in [9.17, 15) is 4.79 Å². The van der Waals surface area contributed by atoms with E-state index < -0.39 is 5.91 Å². The van der Waals surface area contributed by atoms with Crippen molar-refractivity contribution in [1.29, 1.82) is 0 Å². The van der Waals surface area contributed by atoms with Crippen LogP contribution >= 0.6 is 0 Å². The van der Waals surface area contributed by atoms with Crippen LogP contribution in [0.4, 0.5) is 11.4 Å². The number of benzene rings is 2. The van der Waals surface area contributed by atoms with E-state index in [4.69, 9.17) is 15.3 Å². The van der Waals surface area contributed by atoms with E-state index in [2.05, 4.69) is 17.4 Å². The fraction of sp³-hybridized carbons (Fsp3) is 0.238. The number of nitrogens with zero attached hydrogens (tertiary/aromatic N) is 1. The molecule has 0 fully saturated rings. The molecule has 1 amide bonds. The van der Waals surface area contributed by atoms with Gasteiger partial charge in [0.25, 0.3) is 5.91 Å². The first-order valence-electron chi connectivity index (χ1n) is 8.94. The highest BCUT2D eigenvalue weighted by Crippen LogP contribution is 2.28. The van der Waals surface area contributed by atoms with Gasteiger partial charge in [-0.15, -0.1) is 0 Å². The molecular formula is C21H23N3O3. The minimum atomic E-state index is -0.572. The second-order valence-corrected chi connectivity index (χ2v) is 6.40. The highest BCUT2D eigenvalue weighted by atomic mass is 16.5. The first-order valence-corrected chi connectivity index (χ1v) is 8.94. The molecule has 0 unspecified atom stereocenters. The van der Waals surface area contributed by atoms with E-state index >= 15 is 0 Å². The quantitative estimate of drug-likeness (QED) is 0.329. The van der Waals surface area contributed by atoms with Crippen molar-refractivity contribution in [2.24, 2.45) is 4.99 Å². The van der Waals surface area contributed by atoms with Gasteiger partial charge in [-0.2, -0.15) is 0 Å². The van der Waals surface area contributed by atoms with Gasteiger partial charge in [-0.1, -0.05) is 30.3 Å². The van der Waals surface area contributed by atoms with Crippen molar-refractivity contribution < 1.29 is 15.1 Å². The van der Waals surface area contributed by atoms with Crippen molar-refractivity contribution in [1.82, 2.24) is 5.48 Å². The number of aliphatic hydroxyl groups is 1. The lowest BCUT2D eigenvalue weighted by Crippen LogP contribution is -2.15. The molecule has 0 bridgehead atoms. The predicted octanol–water partition coefficient (Wildman–Crippen LogP) is 2.87. The van der Waals surface area contributed by atoms with E-state index in [0.717, 1.165) is 41.9 Å². The van der Waals surface area contributed by atoms with Crippen LogP contribution in [-0.2, 0) is 17.6 Å². The van der Waals surface area contributed by atoms with Gasteiger partial charge in [0.05, 0.1) is 12.2 Å². The van der Waals surface area contributed by atoms with Crippen LogP contribution in [0.3, 0.4) is 0 Å². The zero-order chi connectivity index (χ0) is 19.1. The average Bonchev–Trinajstić information content (AvgIpc) is 3.11. The van der Waals surface area contributed by atoms with Gasteiger partial charge in [-0.05, 0) is 47.7 Å². The lowest BCUT2D eigenvalue weighted by atomic mass is 10.0. The monoisotopic (exact) mass is 365 g/mol. The summed E-state index contributed by atoms with van der Waals surface area (Å²) in [6, 6.07) is 13.9. The first kappa shape index (κ1) is 18.8. The Morgan fingerprint density at radius 3 is 2.89 bits per heavy atom. The van der Waals surface area contributed by atoms with Crippen molar-refractivity contribution in [3.05, 3.63) is 65.2 Å². The minimum Gasteiger partial charge on any atom is -0.396 e.